The molecule has 0 aliphatic heterocycles. The topological polar surface area (TPSA) is 17.3 Å². The number of pyridine rings is 1. The molecule has 9 aromatic carbocycles. The van der Waals surface area contributed by atoms with E-state index in [1.165, 1.54) is 98.5 Å². The van der Waals surface area contributed by atoms with Gasteiger partial charge in [0.05, 0.1) is 16.6 Å². The fraction of sp³-hybridized carbons (Fsp3) is 0.0339. The van der Waals surface area contributed by atoms with Crippen LogP contribution in [0.3, 0.4) is 0 Å². The van der Waals surface area contributed by atoms with Gasteiger partial charge in [-0.25, -0.2) is 4.98 Å². The monoisotopic (exact) mass is 774 g/mol. The number of imidazole rings is 1. The second-order valence-corrected chi connectivity index (χ2v) is 16.6. The molecule has 2 aromatic heterocycles. The third-order valence-corrected chi connectivity index (χ3v) is 13.2. The quantitative estimate of drug-likeness (QED) is 0.129. The van der Waals surface area contributed by atoms with Crippen LogP contribution < -0.4 is 0 Å². The number of rotatable bonds is 4. The maximum Gasteiger partial charge on any atom is 0.146 e. The van der Waals surface area contributed by atoms with Gasteiger partial charge in [0.25, 0.3) is 0 Å². The summed E-state index contributed by atoms with van der Waals surface area (Å²) in [5.74, 6) is 0.440. The van der Waals surface area contributed by atoms with Crippen LogP contribution in [0.15, 0.2) is 218 Å². The van der Waals surface area contributed by atoms with Crippen LogP contribution in [0.25, 0.3) is 110 Å². The summed E-state index contributed by atoms with van der Waals surface area (Å²) < 4.78 is 2.33. The third kappa shape index (κ3) is 5.32. The van der Waals surface area contributed by atoms with Gasteiger partial charge >= 0.3 is 0 Å². The third-order valence-electron chi connectivity index (χ3n) is 13.2. The Balaban J connectivity index is 1.00. The summed E-state index contributed by atoms with van der Waals surface area (Å²) >= 11 is 0. The fourth-order valence-electron chi connectivity index (χ4n) is 10.3. The van der Waals surface area contributed by atoms with Crippen molar-refractivity contribution in [3.05, 3.63) is 224 Å². The lowest BCUT2D eigenvalue weighted by molar-refractivity contribution is 0.781. The molecule has 0 bridgehead atoms. The number of hydrogen-bond donors (Lipinski definition) is 0. The van der Waals surface area contributed by atoms with E-state index in [2.05, 4.69) is 217 Å². The smallest absolute Gasteiger partial charge is 0.146 e. The molecule has 1 unspecified atom stereocenters. The van der Waals surface area contributed by atoms with Gasteiger partial charge in [0.2, 0.25) is 0 Å². The summed E-state index contributed by atoms with van der Waals surface area (Å²) in [5.41, 5.74) is 15.4. The Labute approximate surface area is 353 Å². The van der Waals surface area contributed by atoms with Crippen molar-refractivity contribution in [1.29, 1.82) is 0 Å². The maximum absolute atomic E-state index is 5.29. The van der Waals surface area contributed by atoms with Crippen molar-refractivity contribution in [2.75, 3.05) is 0 Å². The van der Waals surface area contributed by atoms with Gasteiger partial charge in [-0.1, -0.05) is 176 Å². The Morgan fingerprint density at radius 2 is 1.13 bits per heavy atom. The van der Waals surface area contributed by atoms with E-state index in [4.69, 9.17) is 4.98 Å². The molecular weight excluding hydrogens is 737 g/mol. The molecule has 0 N–H and O–H groups in total. The van der Waals surface area contributed by atoms with Crippen molar-refractivity contribution in [2.45, 2.75) is 6.42 Å². The van der Waals surface area contributed by atoms with Crippen LogP contribution >= 0.6 is 0 Å². The van der Waals surface area contributed by atoms with E-state index in [-0.39, 0.29) is 0 Å². The van der Waals surface area contributed by atoms with Gasteiger partial charge in [-0.2, -0.15) is 0 Å². The normalized spacial score (nSPS) is 15.0. The number of nitrogens with zero attached hydrogens (tertiary/aromatic N) is 2. The zero-order valence-corrected chi connectivity index (χ0v) is 33.4. The summed E-state index contributed by atoms with van der Waals surface area (Å²) in [5, 5.41) is 11.2. The first-order valence-electron chi connectivity index (χ1n) is 21.3. The second kappa shape index (κ2) is 13.4. The first-order chi connectivity index (χ1) is 30.2. The molecule has 0 radical (unpaired) electrons. The van der Waals surface area contributed by atoms with Gasteiger partial charge in [0, 0.05) is 16.7 Å². The van der Waals surface area contributed by atoms with E-state index in [9.17, 15) is 0 Å². The van der Waals surface area contributed by atoms with E-state index >= 15 is 0 Å². The lowest BCUT2D eigenvalue weighted by atomic mass is 9.80. The van der Waals surface area contributed by atoms with Gasteiger partial charge < -0.3 is 0 Å². The summed E-state index contributed by atoms with van der Waals surface area (Å²) in [6, 6.07) is 64.8. The standard InChI is InChI=1S/C59H38N2/c1-3-14-39-33-45(26-24-37(39)12-1)57-49-20-6-7-21-50(49)58(46-27-25-38-13-2-4-15-40(38)34-46)53-35-43(28-30-51(53)57)41-16-11-17-42(32-41)44-29-31-56-54(36-44)60-59-52-22-8-5-18-47(52)48-19-9-10-23-55(48)61(56)59/h1-11,13-37H,12H2. The highest BCUT2D eigenvalue weighted by Crippen LogP contribution is 2.46. The number of hydrogen-bond acceptors (Lipinski definition) is 1. The van der Waals surface area contributed by atoms with Crippen molar-refractivity contribution < 1.29 is 0 Å². The van der Waals surface area contributed by atoms with Crippen LogP contribution in [-0.2, 0) is 0 Å². The Hall–Kier alpha value is -7.81. The van der Waals surface area contributed by atoms with Crippen LogP contribution in [0, 0.1) is 5.92 Å². The SMILES string of the molecule is C1=CCC2C=CC(c3c4ccccc4c(-c4ccc5ccccc5c4)c4cc(-c5cccc(-c6ccc7c(c6)nc6c8ccccc8c8ccccc8n76)c5)ccc34)=CC2=C1. The van der Waals surface area contributed by atoms with Crippen LogP contribution in [0.5, 0.6) is 0 Å². The molecule has 284 valence electrons. The molecule has 0 saturated heterocycles. The lowest BCUT2D eigenvalue weighted by Gasteiger charge is -2.24. The minimum absolute atomic E-state index is 0.440. The van der Waals surface area contributed by atoms with E-state index in [0.717, 1.165) is 28.7 Å². The predicted octanol–water partition coefficient (Wildman–Crippen LogP) is 15.7. The van der Waals surface area contributed by atoms with E-state index < -0.39 is 0 Å². The predicted molar refractivity (Wildman–Crippen MR) is 259 cm³/mol. The highest BCUT2D eigenvalue weighted by molar-refractivity contribution is 6.21. The molecule has 2 nitrogen and oxygen atoms in total. The molecule has 13 rings (SSSR count). The molecule has 0 spiro atoms. The fourth-order valence-corrected chi connectivity index (χ4v) is 10.3. The average molecular weight is 775 g/mol. The molecule has 2 heteroatoms. The first kappa shape index (κ1) is 34.1. The van der Waals surface area contributed by atoms with E-state index in [1.54, 1.807) is 0 Å². The summed E-state index contributed by atoms with van der Waals surface area (Å²) in [6.07, 6.45) is 15.0. The molecule has 2 heterocycles. The Bertz CT molecular complexity index is 3800. The highest BCUT2D eigenvalue weighted by atomic mass is 15.0. The summed E-state index contributed by atoms with van der Waals surface area (Å²) in [7, 11) is 0. The molecule has 2 aliphatic carbocycles. The van der Waals surface area contributed by atoms with Gasteiger partial charge in [0.15, 0.2) is 0 Å². The number of benzene rings is 9. The zero-order chi connectivity index (χ0) is 40.0. The van der Waals surface area contributed by atoms with Crippen molar-refractivity contribution in [3.63, 3.8) is 0 Å². The molecule has 1 atom stereocenters. The number of aromatic nitrogens is 2. The van der Waals surface area contributed by atoms with Crippen LogP contribution in [-0.4, -0.2) is 9.38 Å². The van der Waals surface area contributed by atoms with Crippen molar-refractivity contribution in [3.8, 4) is 33.4 Å². The van der Waals surface area contributed by atoms with E-state index in [0.29, 0.717) is 5.92 Å². The lowest BCUT2D eigenvalue weighted by Crippen LogP contribution is -2.05. The second-order valence-electron chi connectivity index (χ2n) is 16.6. The van der Waals surface area contributed by atoms with Crippen LogP contribution in [0.4, 0.5) is 0 Å². The van der Waals surface area contributed by atoms with Crippen LogP contribution in [0.2, 0.25) is 0 Å². The average Bonchev–Trinajstić information content (AvgIpc) is 3.72. The van der Waals surface area contributed by atoms with Gasteiger partial charge in [0.1, 0.15) is 5.65 Å². The van der Waals surface area contributed by atoms with Crippen molar-refractivity contribution in [2.24, 2.45) is 5.92 Å². The van der Waals surface area contributed by atoms with Gasteiger partial charge in [-0.05, 0) is 131 Å². The molecule has 0 saturated carbocycles. The molecule has 61 heavy (non-hydrogen) atoms. The molecule has 11 aromatic rings. The first-order valence-corrected chi connectivity index (χ1v) is 21.3. The van der Waals surface area contributed by atoms with Gasteiger partial charge in [-0.3, -0.25) is 4.40 Å². The maximum atomic E-state index is 5.29. The Morgan fingerprint density at radius 3 is 2.00 bits per heavy atom. The van der Waals surface area contributed by atoms with Crippen LogP contribution in [0.1, 0.15) is 12.0 Å². The largest absolute Gasteiger partial charge is 0.292 e. The molecule has 2 aliphatic rings. The molecular formula is C59H38N2. The summed E-state index contributed by atoms with van der Waals surface area (Å²) in [4.78, 5) is 5.29. The van der Waals surface area contributed by atoms with E-state index in [1.807, 2.05) is 0 Å². The molecule has 0 fully saturated rings. The molecule has 0 amide bonds. The number of fused-ring (bicyclic) bond motifs is 12. The number of para-hydroxylation sites is 1. The van der Waals surface area contributed by atoms with Crippen molar-refractivity contribution in [1.82, 2.24) is 9.38 Å². The Kier molecular flexibility index (Phi) is 7.46. The zero-order valence-electron chi connectivity index (χ0n) is 33.4. The minimum Gasteiger partial charge on any atom is -0.292 e. The highest BCUT2D eigenvalue weighted by Gasteiger charge is 2.22. The Morgan fingerprint density at radius 1 is 0.459 bits per heavy atom. The number of allylic oxidation sites excluding steroid dienone is 8. The summed E-state index contributed by atoms with van der Waals surface area (Å²) in [6.45, 7) is 0. The van der Waals surface area contributed by atoms with Crippen molar-refractivity contribution >= 4 is 76.2 Å². The minimum atomic E-state index is 0.440. The van der Waals surface area contributed by atoms with Gasteiger partial charge in [-0.15, -0.1) is 0 Å².